The largest absolute Gasteiger partial charge is 0.494 e. The van der Waals surface area contributed by atoms with Gasteiger partial charge in [0.25, 0.3) is 0 Å². The second kappa shape index (κ2) is 11.3. The van der Waals surface area contributed by atoms with Gasteiger partial charge in [0, 0.05) is 31.6 Å². The van der Waals surface area contributed by atoms with Crippen LogP contribution >= 0.6 is 11.6 Å². The summed E-state index contributed by atoms with van der Waals surface area (Å²) >= 11 is 6.33. The maximum atomic E-state index is 12.7. The molecule has 2 amide bonds. The van der Waals surface area contributed by atoms with E-state index in [1.165, 1.54) is 12.7 Å². The number of rotatable bonds is 8. The average Bonchev–Trinajstić information content (AvgIpc) is 2.76. The van der Waals surface area contributed by atoms with Crippen molar-refractivity contribution >= 4 is 34.8 Å². The van der Waals surface area contributed by atoms with E-state index in [0.717, 1.165) is 13.1 Å². The lowest BCUT2D eigenvalue weighted by molar-refractivity contribution is -0.121. The van der Waals surface area contributed by atoms with Crippen LogP contribution in [0.4, 0.5) is 11.4 Å². The maximum Gasteiger partial charge on any atom is 0.227 e. The lowest BCUT2D eigenvalue weighted by atomic mass is 10.1. The number of morpholine rings is 1. The molecule has 8 heteroatoms. The Balaban J connectivity index is 1.60. The van der Waals surface area contributed by atoms with Gasteiger partial charge in [-0.3, -0.25) is 14.5 Å². The van der Waals surface area contributed by atoms with E-state index in [1.807, 2.05) is 18.2 Å². The number of carbonyl (C=O) groups is 2. The van der Waals surface area contributed by atoms with Crippen LogP contribution in [0.5, 0.6) is 5.75 Å². The van der Waals surface area contributed by atoms with Crippen LogP contribution in [-0.4, -0.2) is 49.6 Å². The number of halogens is 1. The van der Waals surface area contributed by atoms with Gasteiger partial charge in [-0.2, -0.15) is 0 Å². The molecule has 1 fully saturated rings. The number of ether oxygens (including phenoxy) is 2. The summed E-state index contributed by atoms with van der Waals surface area (Å²) in [5.41, 5.74) is 2.12. The van der Waals surface area contributed by atoms with E-state index in [2.05, 4.69) is 27.7 Å². The van der Waals surface area contributed by atoms with Crippen molar-refractivity contribution in [3.63, 3.8) is 0 Å². The zero-order chi connectivity index (χ0) is 23.1. The van der Waals surface area contributed by atoms with Crippen molar-refractivity contribution in [1.29, 1.82) is 0 Å². The van der Waals surface area contributed by atoms with Crippen LogP contribution in [0, 0.1) is 5.92 Å². The van der Waals surface area contributed by atoms with Crippen LogP contribution in [0.15, 0.2) is 42.5 Å². The van der Waals surface area contributed by atoms with E-state index < -0.39 is 0 Å². The molecule has 1 aliphatic heterocycles. The number of nitrogens with zero attached hydrogens (tertiary/aromatic N) is 1. The van der Waals surface area contributed by atoms with Gasteiger partial charge in [-0.25, -0.2) is 0 Å². The fraction of sp³-hybridized carbons (Fsp3) is 0.417. The molecule has 7 nitrogen and oxygen atoms in total. The maximum absolute atomic E-state index is 12.7. The highest BCUT2D eigenvalue weighted by Crippen LogP contribution is 2.35. The van der Waals surface area contributed by atoms with Crippen molar-refractivity contribution in [3.8, 4) is 5.75 Å². The Bertz CT molecular complexity index is 936. The van der Waals surface area contributed by atoms with Crippen molar-refractivity contribution in [2.24, 2.45) is 5.92 Å². The van der Waals surface area contributed by atoms with E-state index in [9.17, 15) is 9.59 Å². The highest BCUT2D eigenvalue weighted by atomic mass is 35.5. The average molecular weight is 460 g/mol. The Morgan fingerprint density at radius 1 is 1.19 bits per heavy atom. The van der Waals surface area contributed by atoms with E-state index in [1.54, 1.807) is 26.0 Å². The summed E-state index contributed by atoms with van der Waals surface area (Å²) in [6.45, 7) is 6.52. The third-order valence-electron chi connectivity index (χ3n) is 5.23. The first-order chi connectivity index (χ1) is 15.4. The van der Waals surface area contributed by atoms with Crippen LogP contribution in [0.3, 0.4) is 0 Å². The first kappa shape index (κ1) is 24.0. The van der Waals surface area contributed by atoms with Gasteiger partial charge in [0.05, 0.1) is 42.6 Å². The van der Waals surface area contributed by atoms with Gasteiger partial charge in [0.1, 0.15) is 5.75 Å². The Morgan fingerprint density at radius 3 is 2.62 bits per heavy atom. The highest BCUT2D eigenvalue weighted by molar-refractivity contribution is 6.34. The number of carbonyl (C=O) groups excluding carboxylic acids is 2. The first-order valence-corrected chi connectivity index (χ1v) is 11.1. The van der Waals surface area contributed by atoms with Crippen LogP contribution in [0.25, 0.3) is 0 Å². The fourth-order valence-electron chi connectivity index (χ4n) is 3.49. The lowest BCUT2D eigenvalue weighted by Crippen LogP contribution is -2.43. The molecule has 32 heavy (non-hydrogen) atoms. The Kier molecular flexibility index (Phi) is 8.50. The van der Waals surface area contributed by atoms with Crippen LogP contribution in [-0.2, 0) is 20.9 Å². The van der Waals surface area contributed by atoms with Crippen LogP contribution in [0.1, 0.15) is 25.8 Å². The summed E-state index contributed by atoms with van der Waals surface area (Å²) in [6.07, 6.45) is 0.0243. The van der Waals surface area contributed by atoms with E-state index >= 15 is 0 Å². The minimum absolute atomic E-state index is 0.153. The molecule has 0 spiro atoms. The molecule has 1 aliphatic rings. The monoisotopic (exact) mass is 459 g/mol. The van der Waals surface area contributed by atoms with Gasteiger partial charge in [-0.05, 0) is 11.6 Å². The zero-order valence-corrected chi connectivity index (χ0v) is 19.4. The molecule has 0 saturated carbocycles. The molecule has 2 aromatic carbocycles. The van der Waals surface area contributed by atoms with E-state index in [-0.39, 0.29) is 30.3 Å². The van der Waals surface area contributed by atoms with Crippen LogP contribution < -0.4 is 15.4 Å². The summed E-state index contributed by atoms with van der Waals surface area (Å²) in [4.78, 5) is 27.0. The molecule has 1 unspecified atom stereocenters. The summed E-state index contributed by atoms with van der Waals surface area (Å²) in [6, 6.07) is 13.4. The SMILES string of the molecule is COc1cc(NC(=O)C(C)C)c(Cl)cc1NC(=O)CC1CN(Cc2ccccc2)CCO1. The predicted octanol–water partition coefficient (Wildman–Crippen LogP) is 4.17. The number of hydrogen-bond acceptors (Lipinski definition) is 5. The quantitative estimate of drug-likeness (QED) is 0.619. The molecule has 2 N–H and O–H groups in total. The molecular formula is C24H30ClN3O4. The second-order valence-corrected chi connectivity index (χ2v) is 8.55. The molecule has 0 aliphatic carbocycles. The van der Waals surface area contributed by atoms with E-state index in [4.69, 9.17) is 21.1 Å². The number of benzene rings is 2. The molecule has 2 aromatic rings. The van der Waals surface area contributed by atoms with Crippen molar-refractivity contribution in [2.75, 3.05) is 37.4 Å². The Labute approximate surface area is 194 Å². The molecule has 172 valence electrons. The topological polar surface area (TPSA) is 79.9 Å². The molecule has 0 bridgehead atoms. The molecule has 0 aromatic heterocycles. The van der Waals surface area contributed by atoms with Gasteiger partial charge in [-0.1, -0.05) is 55.8 Å². The number of methoxy groups -OCH3 is 1. The molecule has 1 atom stereocenters. The van der Waals surface area contributed by atoms with Crippen molar-refractivity contribution in [3.05, 3.63) is 53.1 Å². The standard InChI is InChI=1S/C24H30ClN3O4/c1-16(2)24(30)27-20-13-22(31-3)21(12-19(20)25)26-23(29)11-18-15-28(9-10-32-18)14-17-7-5-4-6-8-17/h4-8,12-13,16,18H,9-11,14-15H2,1-3H3,(H,26,29)(H,27,30). The molecule has 1 heterocycles. The van der Waals surface area contributed by atoms with Crippen LogP contribution in [0.2, 0.25) is 5.02 Å². The number of amides is 2. The van der Waals surface area contributed by atoms with Gasteiger partial charge in [0.2, 0.25) is 11.8 Å². The number of anilines is 2. The summed E-state index contributed by atoms with van der Waals surface area (Å²) < 4.78 is 11.2. The van der Waals surface area contributed by atoms with Crippen molar-refractivity contribution in [2.45, 2.75) is 32.9 Å². The number of hydrogen-bond donors (Lipinski definition) is 2. The molecule has 0 radical (unpaired) electrons. The van der Waals surface area contributed by atoms with Crippen molar-refractivity contribution < 1.29 is 19.1 Å². The van der Waals surface area contributed by atoms with Gasteiger partial charge in [0.15, 0.2) is 0 Å². The Hall–Kier alpha value is -2.61. The van der Waals surface area contributed by atoms with Crippen molar-refractivity contribution in [1.82, 2.24) is 4.90 Å². The minimum Gasteiger partial charge on any atom is -0.494 e. The zero-order valence-electron chi connectivity index (χ0n) is 18.7. The van der Waals surface area contributed by atoms with E-state index in [0.29, 0.717) is 35.3 Å². The first-order valence-electron chi connectivity index (χ1n) is 10.7. The molecule has 1 saturated heterocycles. The van der Waals surface area contributed by atoms with Gasteiger partial charge >= 0.3 is 0 Å². The lowest BCUT2D eigenvalue weighted by Gasteiger charge is -2.32. The second-order valence-electron chi connectivity index (χ2n) is 8.14. The van der Waals surface area contributed by atoms with Gasteiger partial charge in [-0.15, -0.1) is 0 Å². The molecular weight excluding hydrogens is 430 g/mol. The fourth-order valence-corrected chi connectivity index (χ4v) is 3.70. The molecule has 3 rings (SSSR count). The summed E-state index contributed by atoms with van der Waals surface area (Å²) in [5, 5.41) is 5.94. The third-order valence-corrected chi connectivity index (χ3v) is 5.54. The minimum atomic E-state index is -0.196. The predicted molar refractivity (Wildman–Crippen MR) is 126 cm³/mol. The normalized spacial score (nSPS) is 16.6. The summed E-state index contributed by atoms with van der Waals surface area (Å²) in [5.74, 6) is -0.115. The highest BCUT2D eigenvalue weighted by Gasteiger charge is 2.24. The number of nitrogens with one attached hydrogen (secondary N) is 2. The third kappa shape index (κ3) is 6.69. The smallest absolute Gasteiger partial charge is 0.227 e. The van der Waals surface area contributed by atoms with Gasteiger partial charge < -0.3 is 20.1 Å². The Morgan fingerprint density at radius 2 is 1.94 bits per heavy atom. The summed E-state index contributed by atoms with van der Waals surface area (Å²) in [7, 11) is 1.50.